The molecule has 0 aliphatic heterocycles. The Morgan fingerprint density at radius 2 is 1.68 bits per heavy atom. The number of nitrogens with zero attached hydrogens (tertiary/aromatic N) is 2. The van der Waals surface area contributed by atoms with Crippen molar-refractivity contribution in [2.24, 2.45) is 0 Å². The van der Waals surface area contributed by atoms with Crippen LogP contribution < -0.4 is 5.32 Å². The van der Waals surface area contributed by atoms with Gasteiger partial charge in [0.1, 0.15) is 10.0 Å². The second-order valence-corrected chi connectivity index (χ2v) is 5.38. The first-order valence-electron chi connectivity index (χ1n) is 6.04. The molecule has 3 nitrogen and oxygen atoms in total. The molecule has 0 saturated heterocycles. The number of hydrogen-bond acceptors (Lipinski definition) is 4. The average molecular weight is 267 g/mol. The minimum Gasteiger partial charge on any atom is -0.356 e. The number of hydrogen-bond donors (Lipinski definition) is 1. The molecule has 0 aliphatic carbocycles. The predicted octanol–water partition coefficient (Wildman–Crippen LogP) is 4.26. The van der Waals surface area contributed by atoms with Crippen LogP contribution in [-0.2, 0) is 0 Å². The summed E-state index contributed by atoms with van der Waals surface area (Å²) < 4.78 is 0. The maximum absolute atomic E-state index is 4.17. The molecule has 0 amide bonds. The van der Waals surface area contributed by atoms with Crippen molar-refractivity contribution < 1.29 is 0 Å². The second-order valence-electron chi connectivity index (χ2n) is 4.20. The van der Waals surface area contributed by atoms with E-state index in [9.17, 15) is 0 Å². The summed E-state index contributed by atoms with van der Waals surface area (Å²) in [5.41, 5.74) is 3.22. The van der Waals surface area contributed by atoms with Crippen LogP contribution in [0.5, 0.6) is 0 Å². The highest BCUT2D eigenvalue weighted by Gasteiger charge is 2.04. The van der Waals surface area contributed by atoms with Gasteiger partial charge in [-0.05, 0) is 31.2 Å². The molecule has 94 valence electrons. The lowest BCUT2D eigenvalue weighted by Gasteiger charge is -2.07. The van der Waals surface area contributed by atoms with E-state index in [1.165, 1.54) is 0 Å². The summed E-state index contributed by atoms with van der Waals surface area (Å²) in [5.74, 6) is 0. The fourth-order valence-electron chi connectivity index (χ4n) is 1.83. The summed E-state index contributed by atoms with van der Waals surface area (Å²) in [6, 6.07) is 18.3. The standard InChI is InChI=1S/C15H13N3S/c1-11-17-18-15(19-11)12-6-5-9-14(10-12)16-13-7-3-2-4-8-13/h2-10,16H,1H3. The highest BCUT2D eigenvalue weighted by atomic mass is 32.1. The van der Waals surface area contributed by atoms with Crippen LogP contribution in [0.1, 0.15) is 5.01 Å². The van der Waals surface area contributed by atoms with E-state index in [1.807, 2.05) is 49.4 Å². The zero-order valence-corrected chi connectivity index (χ0v) is 11.3. The zero-order chi connectivity index (χ0) is 13.1. The van der Waals surface area contributed by atoms with Gasteiger partial charge >= 0.3 is 0 Å². The van der Waals surface area contributed by atoms with Crippen molar-refractivity contribution in [3.8, 4) is 10.6 Å². The maximum atomic E-state index is 4.17. The quantitative estimate of drug-likeness (QED) is 0.770. The van der Waals surface area contributed by atoms with Gasteiger partial charge < -0.3 is 5.32 Å². The van der Waals surface area contributed by atoms with Crippen LogP contribution in [-0.4, -0.2) is 10.2 Å². The largest absolute Gasteiger partial charge is 0.356 e. The van der Waals surface area contributed by atoms with E-state index in [0.29, 0.717) is 0 Å². The van der Waals surface area contributed by atoms with Crippen molar-refractivity contribution in [1.82, 2.24) is 10.2 Å². The molecule has 0 fully saturated rings. The van der Waals surface area contributed by atoms with Crippen LogP contribution in [0.4, 0.5) is 11.4 Å². The fourth-order valence-corrected chi connectivity index (χ4v) is 2.52. The van der Waals surface area contributed by atoms with Gasteiger partial charge in [-0.15, -0.1) is 10.2 Å². The number of rotatable bonds is 3. The zero-order valence-electron chi connectivity index (χ0n) is 10.5. The molecule has 1 aromatic heterocycles. The first-order valence-corrected chi connectivity index (χ1v) is 6.85. The van der Waals surface area contributed by atoms with Gasteiger partial charge in [-0.2, -0.15) is 0 Å². The Hall–Kier alpha value is -2.20. The number of para-hydroxylation sites is 1. The molecule has 1 heterocycles. The number of nitrogens with one attached hydrogen (secondary N) is 1. The molecule has 1 N–H and O–H groups in total. The monoisotopic (exact) mass is 267 g/mol. The maximum Gasteiger partial charge on any atom is 0.147 e. The smallest absolute Gasteiger partial charge is 0.147 e. The van der Waals surface area contributed by atoms with Crippen molar-refractivity contribution in [3.63, 3.8) is 0 Å². The summed E-state index contributed by atoms with van der Waals surface area (Å²) in [4.78, 5) is 0. The van der Waals surface area contributed by atoms with E-state index in [4.69, 9.17) is 0 Å². The Morgan fingerprint density at radius 1 is 0.895 bits per heavy atom. The van der Waals surface area contributed by atoms with Crippen LogP contribution in [0.3, 0.4) is 0 Å². The van der Waals surface area contributed by atoms with E-state index >= 15 is 0 Å². The lowest BCUT2D eigenvalue weighted by atomic mass is 10.2. The number of benzene rings is 2. The summed E-state index contributed by atoms with van der Waals surface area (Å²) in [5, 5.41) is 13.5. The van der Waals surface area contributed by atoms with E-state index < -0.39 is 0 Å². The van der Waals surface area contributed by atoms with Crippen molar-refractivity contribution in [3.05, 3.63) is 59.6 Å². The highest BCUT2D eigenvalue weighted by Crippen LogP contribution is 2.26. The molecule has 0 saturated carbocycles. The number of aryl methyl sites for hydroxylation is 1. The summed E-state index contributed by atoms with van der Waals surface area (Å²) in [6.07, 6.45) is 0. The van der Waals surface area contributed by atoms with Crippen molar-refractivity contribution in [1.29, 1.82) is 0 Å². The molecule has 3 rings (SSSR count). The van der Waals surface area contributed by atoms with Crippen molar-refractivity contribution >= 4 is 22.7 Å². The van der Waals surface area contributed by atoms with Gasteiger partial charge in [0.2, 0.25) is 0 Å². The third-order valence-corrected chi connectivity index (χ3v) is 3.59. The minimum absolute atomic E-state index is 0.953. The van der Waals surface area contributed by atoms with Gasteiger partial charge in [0, 0.05) is 16.9 Å². The predicted molar refractivity (Wildman–Crippen MR) is 79.8 cm³/mol. The van der Waals surface area contributed by atoms with Crippen LogP contribution >= 0.6 is 11.3 Å². The molecule has 0 spiro atoms. The molecular formula is C15H13N3S. The van der Waals surface area contributed by atoms with Gasteiger partial charge in [0.15, 0.2) is 0 Å². The lowest BCUT2D eigenvalue weighted by Crippen LogP contribution is -1.89. The molecule has 2 aromatic carbocycles. The van der Waals surface area contributed by atoms with Gasteiger partial charge in [0.25, 0.3) is 0 Å². The molecule has 0 bridgehead atoms. The molecule has 4 heteroatoms. The highest BCUT2D eigenvalue weighted by molar-refractivity contribution is 7.14. The molecule has 0 radical (unpaired) electrons. The lowest BCUT2D eigenvalue weighted by molar-refractivity contribution is 1.05. The molecule has 3 aromatic rings. The molecule has 0 atom stereocenters. The van der Waals surface area contributed by atoms with Crippen LogP contribution in [0.2, 0.25) is 0 Å². The van der Waals surface area contributed by atoms with Crippen molar-refractivity contribution in [2.75, 3.05) is 5.32 Å². The Morgan fingerprint density at radius 3 is 2.42 bits per heavy atom. The molecule has 19 heavy (non-hydrogen) atoms. The third-order valence-electron chi connectivity index (χ3n) is 2.70. The summed E-state index contributed by atoms with van der Waals surface area (Å²) in [6.45, 7) is 1.97. The first kappa shape index (κ1) is 11.9. The van der Waals surface area contributed by atoms with Crippen molar-refractivity contribution in [2.45, 2.75) is 6.92 Å². The first-order chi connectivity index (χ1) is 9.31. The minimum atomic E-state index is 0.953. The molecule has 0 unspecified atom stereocenters. The normalized spacial score (nSPS) is 10.4. The second kappa shape index (κ2) is 5.20. The van der Waals surface area contributed by atoms with Crippen LogP contribution in [0.25, 0.3) is 10.6 Å². The summed E-state index contributed by atoms with van der Waals surface area (Å²) >= 11 is 1.61. The number of anilines is 2. The third kappa shape index (κ3) is 2.80. The van der Waals surface area contributed by atoms with E-state index in [2.05, 4.69) is 27.6 Å². The van der Waals surface area contributed by atoms with Gasteiger partial charge in [-0.25, -0.2) is 0 Å². The Labute approximate surface area is 116 Å². The van der Waals surface area contributed by atoms with Gasteiger partial charge in [-0.1, -0.05) is 41.7 Å². The Bertz CT molecular complexity index is 677. The van der Waals surface area contributed by atoms with Gasteiger partial charge in [0.05, 0.1) is 0 Å². The van der Waals surface area contributed by atoms with Gasteiger partial charge in [-0.3, -0.25) is 0 Å². The van der Waals surface area contributed by atoms with E-state index in [-0.39, 0.29) is 0 Å². The SMILES string of the molecule is Cc1nnc(-c2cccc(Nc3ccccc3)c2)s1. The van der Waals surface area contributed by atoms with E-state index in [0.717, 1.165) is 27.0 Å². The molecular weight excluding hydrogens is 254 g/mol. The average Bonchev–Trinajstić information content (AvgIpc) is 2.87. The Kier molecular flexibility index (Phi) is 3.25. The fraction of sp³-hybridized carbons (Fsp3) is 0.0667. The van der Waals surface area contributed by atoms with E-state index in [1.54, 1.807) is 11.3 Å². The summed E-state index contributed by atoms with van der Waals surface area (Å²) in [7, 11) is 0. The number of aromatic nitrogens is 2. The van der Waals surface area contributed by atoms with Crippen LogP contribution in [0.15, 0.2) is 54.6 Å². The topological polar surface area (TPSA) is 37.8 Å². The van der Waals surface area contributed by atoms with Crippen LogP contribution in [0, 0.1) is 6.92 Å². The Balaban J connectivity index is 1.88. The molecule has 0 aliphatic rings.